The van der Waals surface area contributed by atoms with E-state index in [1.165, 1.54) is 18.2 Å². The second-order valence-corrected chi connectivity index (χ2v) is 8.63. The van der Waals surface area contributed by atoms with E-state index in [0.29, 0.717) is 54.3 Å². The van der Waals surface area contributed by atoms with Crippen molar-refractivity contribution in [3.63, 3.8) is 0 Å². The maximum Gasteiger partial charge on any atom is 0.267 e. The fourth-order valence-electron chi connectivity index (χ4n) is 3.86. The molecule has 0 radical (unpaired) electrons. The fourth-order valence-corrected chi connectivity index (χ4v) is 3.86. The normalized spacial score (nSPS) is 17.2. The molecule has 2 aromatic carbocycles. The maximum absolute atomic E-state index is 13.2. The fraction of sp³-hybridized carbons (Fsp3) is 0.280. The SMILES string of the molecule is NC(=O)c1cc(NC2CCNC2=O)nc(-c2ccc(Oc3ccc(F)cc3)cc2CNC2CC2)n1. The van der Waals surface area contributed by atoms with Gasteiger partial charge in [-0.1, -0.05) is 0 Å². The van der Waals surface area contributed by atoms with E-state index in [1.807, 2.05) is 12.1 Å². The Morgan fingerprint density at radius 1 is 1.09 bits per heavy atom. The van der Waals surface area contributed by atoms with Crippen molar-refractivity contribution in [1.29, 1.82) is 0 Å². The summed E-state index contributed by atoms with van der Waals surface area (Å²) >= 11 is 0. The number of anilines is 1. The Morgan fingerprint density at radius 3 is 2.54 bits per heavy atom. The van der Waals surface area contributed by atoms with Gasteiger partial charge < -0.3 is 26.4 Å². The zero-order chi connectivity index (χ0) is 24.4. The first-order chi connectivity index (χ1) is 16.9. The first-order valence-electron chi connectivity index (χ1n) is 11.5. The molecule has 1 atom stereocenters. The number of nitrogens with zero attached hydrogens (tertiary/aromatic N) is 2. The number of carbonyl (C=O) groups excluding carboxylic acids is 2. The number of nitrogens with one attached hydrogen (secondary N) is 3. The van der Waals surface area contributed by atoms with Gasteiger partial charge in [-0.15, -0.1) is 0 Å². The van der Waals surface area contributed by atoms with E-state index in [-0.39, 0.29) is 17.4 Å². The second-order valence-electron chi connectivity index (χ2n) is 8.63. The topological polar surface area (TPSA) is 131 Å². The number of benzene rings is 2. The number of hydrogen-bond donors (Lipinski definition) is 4. The molecule has 35 heavy (non-hydrogen) atoms. The predicted molar refractivity (Wildman–Crippen MR) is 127 cm³/mol. The van der Waals surface area contributed by atoms with Crippen LogP contribution < -0.4 is 26.4 Å². The van der Waals surface area contributed by atoms with Gasteiger partial charge in [0.05, 0.1) is 0 Å². The summed E-state index contributed by atoms with van der Waals surface area (Å²) in [5.74, 6) is 0.576. The van der Waals surface area contributed by atoms with Crippen LogP contribution in [0.1, 0.15) is 35.3 Å². The minimum absolute atomic E-state index is 0.0450. The zero-order valence-corrected chi connectivity index (χ0v) is 18.9. The molecule has 1 aliphatic carbocycles. The number of carbonyl (C=O) groups is 2. The van der Waals surface area contributed by atoms with E-state index in [9.17, 15) is 14.0 Å². The van der Waals surface area contributed by atoms with Crippen molar-refractivity contribution >= 4 is 17.6 Å². The lowest BCUT2D eigenvalue weighted by Gasteiger charge is -2.15. The van der Waals surface area contributed by atoms with Gasteiger partial charge in [0.15, 0.2) is 5.82 Å². The molecule has 5 N–H and O–H groups in total. The number of ether oxygens (including phenoxy) is 1. The third-order valence-electron chi connectivity index (χ3n) is 5.87. The summed E-state index contributed by atoms with van der Waals surface area (Å²) < 4.78 is 19.2. The summed E-state index contributed by atoms with van der Waals surface area (Å²) in [7, 11) is 0. The maximum atomic E-state index is 13.2. The van der Waals surface area contributed by atoms with E-state index in [1.54, 1.807) is 18.2 Å². The van der Waals surface area contributed by atoms with Crippen LogP contribution in [0.25, 0.3) is 11.4 Å². The molecule has 0 bridgehead atoms. The first-order valence-corrected chi connectivity index (χ1v) is 11.5. The van der Waals surface area contributed by atoms with Crippen LogP contribution in [0.3, 0.4) is 0 Å². The van der Waals surface area contributed by atoms with Gasteiger partial charge >= 0.3 is 0 Å². The van der Waals surface area contributed by atoms with Gasteiger partial charge in [0.25, 0.3) is 5.91 Å². The van der Waals surface area contributed by atoms with Crippen LogP contribution in [0.4, 0.5) is 10.2 Å². The van der Waals surface area contributed by atoms with Crippen molar-refractivity contribution in [2.24, 2.45) is 5.73 Å². The molecular formula is C25H25FN6O3. The third-order valence-corrected chi connectivity index (χ3v) is 5.87. The van der Waals surface area contributed by atoms with Crippen molar-refractivity contribution in [2.75, 3.05) is 11.9 Å². The standard InChI is InChI=1S/C25H25FN6O3/c26-15-1-5-17(6-2-15)35-18-7-8-19(14(11-18)13-29-16-3-4-16)24-31-21(23(27)33)12-22(32-24)30-20-9-10-28-25(20)34/h1-2,5-8,11-12,16,20,29H,3-4,9-10,13H2,(H2,27,33)(H,28,34)(H,30,31,32). The lowest BCUT2D eigenvalue weighted by Crippen LogP contribution is -2.30. The average Bonchev–Trinajstić information content (AvgIpc) is 3.60. The molecular weight excluding hydrogens is 451 g/mol. The van der Waals surface area contributed by atoms with E-state index in [0.717, 1.165) is 18.4 Å². The lowest BCUT2D eigenvalue weighted by atomic mass is 10.1. The summed E-state index contributed by atoms with van der Waals surface area (Å²) in [5.41, 5.74) is 7.14. The number of aromatic nitrogens is 2. The molecule has 180 valence electrons. The highest BCUT2D eigenvalue weighted by Crippen LogP contribution is 2.30. The highest BCUT2D eigenvalue weighted by Gasteiger charge is 2.25. The average molecular weight is 477 g/mol. The summed E-state index contributed by atoms with van der Waals surface area (Å²) in [6, 6.07) is 12.7. The quantitative estimate of drug-likeness (QED) is 0.373. The molecule has 9 nitrogen and oxygen atoms in total. The van der Waals surface area contributed by atoms with Crippen molar-refractivity contribution in [2.45, 2.75) is 37.9 Å². The summed E-state index contributed by atoms with van der Waals surface area (Å²) in [6.45, 7) is 1.11. The van der Waals surface area contributed by atoms with E-state index in [4.69, 9.17) is 10.5 Å². The molecule has 5 rings (SSSR count). The number of primary amides is 1. The number of nitrogens with two attached hydrogens (primary N) is 1. The number of amides is 2. The van der Waals surface area contributed by atoms with Crippen LogP contribution in [-0.4, -0.2) is 40.4 Å². The van der Waals surface area contributed by atoms with Crippen molar-refractivity contribution in [1.82, 2.24) is 20.6 Å². The zero-order valence-electron chi connectivity index (χ0n) is 18.9. The minimum Gasteiger partial charge on any atom is -0.457 e. The molecule has 1 unspecified atom stereocenters. The summed E-state index contributed by atoms with van der Waals surface area (Å²) in [5, 5.41) is 9.33. The van der Waals surface area contributed by atoms with Crippen LogP contribution >= 0.6 is 0 Å². The van der Waals surface area contributed by atoms with Gasteiger partial charge in [0, 0.05) is 30.8 Å². The molecule has 2 fully saturated rings. The van der Waals surface area contributed by atoms with E-state index in [2.05, 4.69) is 25.9 Å². The van der Waals surface area contributed by atoms with E-state index < -0.39 is 11.9 Å². The molecule has 1 aromatic heterocycles. The van der Waals surface area contributed by atoms with Crippen LogP contribution in [-0.2, 0) is 11.3 Å². The Labute approximate surface area is 201 Å². The van der Waals surface area contributed by atoms with E-state index >= 15 is 0 Å². The van der Waals surface area contributed by atoms with Crippen LogP contribution in [0, 0.1) is 5.82 Å². The first kappa shape index (κ1) is 22.7. The van der Waals surface area contributed by atoms with Gasteiger partial charge in [-0.3, -0.25) is 9.59 Å². The monoisotopic (exact) mass is 476 g/mol. The number of halogens is 1. The largest absolute Gasteiger partial charge is 0.457 e. The summed E-state index contributed by atoms with van der Waals surface area (Å²) in [6.07, 6.45) is 2.84. The van der Waals surface area contributed by atoms with Gasteiger partial charge in [0.1, 0.15) is 34.9 Å². The Hall–Kier alpha value is -4.05. The minimum atomic E-state index is -0.693. The second kappa shape index (κ2) is 9.67. The van der Waals surface area contributed by atoms with Crippen LogP contribution in [0.2, 0.25) is 0 Å². The van der Waals surface area contributed by atoms with Crippen LogP contribution in [0.5, 0.6) is 11.5 Å². The Kier molecular flexibility index (Phi) is 6.28. The Bertz CT molecular complexity index is 1260. The Morgan fingerprint density at radius 2 is 1.86 bits per heavy atom. The van der Waals surface area contributed by atoms with Gasteiger partial charge in [0.2, 0.25) is 5.91 Å². The lowest BCUT2D eigenvalue weighted by molar-refractivity contribution is -0.119. The van der Waals surface area contributed by atoms with Gasteiger partial charge in [-0.2, -0.15) is 0 Å². The van der Waals surface area contributed by atoms with Crippen molar-refractivity contribution in [3.8, 4) is 22.9 Å². The molecule has 1 saturated heterocycles. The highest BCUT2D eigenvalue weighted by molar-refractivity contribution is 5.92. The molecule has 2 amide bonds. The number of hydrogen-bond acceptors (Lipinski definition) is 7. The summed E-state index contributed by atoms with van der Waals surface area (Å²) in [4.78, 5) is 33.0. The molecule has 2 heterocycles. The molecule has 10 heteroatoms. The number of rotatable bonds is 9. The molecule has 1 aliphatic heterocycles. The third kappa shape index (κ3) is 5.55. The highest BCUT2D eigenvalue weighted by atomic mass is 19.1. The molecule has 3 aromatic rings. The molecule has 1 saturated carbocycles. The Balaban J connectivity index is 1.49. The van der Waals surface area contributed by atoms with Gasteiger partial charge in [-0.05, 0) is 67.3 Å². The van der Waals surface area contributed by atoms with Crippen LogP contribution in [0.15, 0.2) is 48.5 Å². The van der Waals surface area contributed by atoms with Gasteiger partial charge in [-0.25, -0.2) is 14.4 Å². The molecule has 2 aliphatic rings. The molecule has 0 spiro atoms. The predicted octanol–water partition coefficient (Wildman–Crippen LogP) is 2.73. The smallest absolute Gasteiger partial charge is 0.267 e. The van der Waals surface area contributed by atoms with Crippen molar-refractivity contribution in [3.05, 3.63) is 65.6 Å². The van der Waals surface area contributed by atoms with Crippen molar-refractivity contribution < 1.29 is 18.7 Å².